The van der Waals surface area contributed by atoms with Crippen LogP contribution in [0.5, 0.6) is 0 Å². The van der Waals surface area contributed by atoms with Crippen LogP contribution in [0.3, 0.4) is 0 Å². The first kappa shape index (κ1) is 17.0. The highest BCUT2D eigenvalue weighted by Crippen LogP contribution is 2.21. The highest BCUT2D eigenvalue weighted by Gasteiger charge is 2.39. The van der Waals surface area contributed by atoms with E-state index >= 15 is 0 Å². The number of hydrogen-bond acceptors (Lipinski definition) is 4. The topological polar surface area (TPSA) is 83.3 Å². The molecule has 2 aromatic rings. The van der Waals surface area contributed by atoms with Gasteiger partial charge in [-0.1, -0.05) is 0 Å². The van der Waals surface area contributed by atoms with Gasteiger partial charge in [-0.15, -0.1) is 0 Å². The molecule has 7 nitrogen and oxygen atoms in total. The zero-order valence-electron chi connectivity index (χ0n) is 12.7. The van der Waals surface area contributed by atoms with Crippen LogP contribution in [0.15, 0.2) is 12.3 Å². The molecule has 1 atom stereocenters. The molecule has 2 heterocycles. The largest absolute Gasteiger partial charge is 0.416 e. The lowest BCUT2D eigenvalue weighted by Crippen LogP contribution is -2.43. The van der Waals surface area contributed by atoms with Crippen LogP contribution in [-0.4, -0.2) is 56.7 Å². The average molecular weight is 331 g/mol. The van der Waals surface area contributed by atoms with Gasteiger partial charge in [0, 0.05) is 19.5 Å². The zero-order chi connectivity index (χ0) is 17.4. The van der Waals surface area contributed by atoms with Crippen LogP contribution in [0.2, 0.25) is 0 Å². The van der Waals surface area contributed by atoms with Crippen LogP contribution in [0.1, 0.15) is 5.69 Å². The quantitative estimate of drug-likeness (QED) is 0.896. The number of anilines is 1. The van der Waals surface area contributed by atoms with E-state index < -0.39 is 24.9 Å². The Morgan fingerprint density at radius 2 is 2.17 bits per heavy atom. The van der Waals surface area contributed by atoms with Crippen molar-refractivity contribution >= 4 is 22.8 Å². The molecule has 126 valence electrons. The summed E-state index contributed by atoms with van der Waals surface area (Å²) in [6, 6.07) is 0.854. The van der Waals surface area contributed by atoms with Crippen molar-refractivity contribution < 1.29 is 23.1 Å². The van der Waals surface area contributed by atoms with Crippen molar-refractivity contribution in [2.75, 3.05) is 18.9 Å². The number of carbonyl (C=O) groups excluding carboxylic acids is 1. The Labute approximate surface area is 129 Å². The van der Waals surface area contributed by atoms with Crippen molar-refractivity contribution in [2.24, 2.45) is 7.05 Å². The van der Waals surface area contributed by atoms with Gasteiger partial charge in [-0.2, -0.15) is 18.3 Å². The minimum absolute atomic E-state index is 0.326. The maximum absolute atomic E-state index is 12.3. The summed E-state index contributed by atoms with van der Waals surface area (Å²) < 4.78 is 38.5. The summed E-state index contributed by atoms with van der Waals surface area (Å²) in [5.41, 5.74) is 1.67. The number of aryl methyl sites for hydroxylation is 2. The molecule has 0 radical (unpaired) electrons. The number of aliphatic hydroxyl groups excluding tert-OH is 1. The third-order valence-corrected chi connectivity index (χ3v) is 3.29. The van der Waals surface area contributed by atoms with Crippen LogP contribution in [-0.2, 0) is 7.05 Å². The molecular formula is C13H16F3N5O2. The van der Waals surface area contributed by atoms with Crippen LogP contribution >= 0.6 is 0 Å². The average Bonchev–Trinajstić information content (AvgIpc) is 2.72. The number of alkyl halides is 3. The lowest BCUT2D eigenvalue weighted by Gasteiger charge is -2.22. The van der Waals surface area contributed by atoms with E-state index in [0.717, 1.165) is 17.3 Å². The molecule has 0 aromatic carbocycles. The number of amides is 2. The fraction of sp³-hybridized carbons (Fsp3) is 0.462. The third-order valence-electron chi connectivity index (χ3n) is 3.29. The van der Waals surface area contributed by atoms with Gasteiger partial charge in [0.2, 0.25) is 0 Å². The van der Waals surface area contributed by atoms with Crippen molar-refractivity contribution in [1.29, 1.82) is 0 Å². The number of likely N-dealkylation sites (N-methyl/N-ethyl adjacent to an activating group) is 1. The third kappa shape index (κ3) is 3.70. The Kier molecular flexibility index (Phi) is 4.46. The molecular weight excluding hydrogens is 315 g/mol. The number of urea groups is 1. The fourth-order valence-electron chi connectivity index (χ4n) is 2.04. The number of carbonyl (C=O) groups is 1. The van der Waals surface area contributed by atoms with Gasteiger partial charge in [-0.25, -0.2) is 9.78 Å². The van der Waals surface area contributed by atoms with Gasteiger partial charge in [-0.3, -0.25) is 4.68 Å². The Morgan fingerprint density at radius 3 is 2.78 bits per heavy atom. The van der Waals surface area contributed by atoms with Gasteiger partial charge in [0.05, 0.1) is 24.1 Å². The second kappa shape index (κ2) is 6.03. The van der Waals surface area contributed by atoms with Crippen molar-refractivity contribution in [1.82, 2.24) is 19.7 Å². The number of hydrogen-bond donors (Lipinski definition) is 2. The van der Waals surface area contributed by atoms with Gasteiger partial charge in [0.25, 0.3) is 0 Å². The molecule has 2 aromatic heterocycles. The molecule has 0 saturated carbocycles. The number of pyridine rings is 1. The van der Waals surface area contributed by atoms with Crippen molar-refractivity contribution in [3.05, 3.63) is 18.0 Å². The first-order valence-corrected chi connectivity index (χ1v) is 6.66. The van der Waals surface area contributed by atoms with Gasteiger partial charge >= 0.3 is 12.2 Å². The smallest absolute Gasteiger partial charge is 0.382 e. The van der Waals surface area contributed by atoms with Crippen LogP contribution in [0.4, 0.5) is 23.7 Å². The molecule has 0 fully saturated rings. The summed E-state index contributed by atoms with van der Waals surface area (Å²) in [7, 11) is 2.89. The van der Waals surface area contributed by atoms with E-state index in [9.17, 15) is 18.0 Å². The molecule has 2 N–H and O–H groups in total. The molecule has 2 rings (SSSR count). The Balaban J connectivity index is 2.09. The predicted molar refractivity (Wildman–Crippen MR) is 77.0 cm³/mol. The molecule has 0 bridgehead atoms. The summed E-state index contributed by atoms with van der Waals surface area (Å²) in [5, 5.41) is 16.3. The number of rotatable bonds is 3. The Hall–Kier alpha value is -2.36. The molecule has 0 spiro atoms. The maximum Gasteiger partial charge on any atom is 0.416 e. The monoisotopic (exact) mass is 331 g/mol. The predicted octanol–water partition coefficient (Wildman–Crippen LogP) is 1.66. The standard InChI is InChI=1S/C13H16F3N5O2/c1-7-9-4-8(5-17-11(9)21(3)19-7)18-12(23)20(2)6-10(22)13(14,15)16/h4-5,10,22H,6H2,1-3H3,(H,18,23). The highest BCUT2D eigenvalue weighted by atomic mass is 19.4. The van der Waals surface area contributed by atoms with E-state index in [1.807, 2.05) is 0 Å². The van der Waals surface area contributed by atoms with Crippen molar-refractivity contribution in [2.45, 2.75) is 19.2 Å². The molecule has 0 saturated heterocycles. The number of nitrogens with zero attached hydrogens (tertiary/aromatic N) is 4. The van der Waals surface area contributed by atoms with E-state index in [0.29, 0.717) is 17.0 Å². The summed E-state index contributed by atoms with van der Waals surface area (Å²) in [4.78, 5) is 16.8. The summed E-state index contributed by atoms with van der Waals surface area (Å²) in [6.45, 7) is 0.915. The lowest BCUT2D eigenvalue weighted by atomic mass is 10.2. The maximum atomic E-state index is 12.3. The fourth-order valence-corrected chi connectivity index (χ4v) is 2.04. The van der Waals surface area contributed by atoms with Crippen molar-refractivity contribution in [3.8, 4) is 0 Å². The minimum atomic E-state index is -4.78. The van der Waals surface area contributed by atoms with E-state index in [2.05, 4.69) is 15.4 Å². The first-order valence-electron chi connectivity index (χ1n) is 6.66. The molecule has 0 aliphatic carbocycles. The molecule has 10 heteroatoms. The van der Waals surface area contributed by atoms with Gasteiger partial charge < -0.3 is 15.3 Å². The highest BCUT2D eigenvalue weighted by molar-refractivity contribution is 5.91. The van der Waals surface area contributed by atoms with Gasteiger partial charge in [0.15, 0.2) is 11.8 Å². The minimum Gasteiger partial charge on any atom is -0.382 e. The van der Waals surface area contributed by atoms with Gasteiger partial charge in [0.1, 0.15) is 0 Å². The van der Waals surface area contributed by atoms with Crippen molar-refractivity contribution in [3.63, 3.8) is 0 Å². The number of halogens is 3. The molecule has 1 unspecified atom stereocenters. The number of aromatic nitrogens is 3. The summed E-state index contributed by atoms with van der Waals surface area (Å²) in [5.74, 6) is 0. The van der Waals surface area contributed by atoms with Crippen LogP contribution in [0.25, 0.3) is 11.0 Å². The Bertz CT molecular complexity index is 728. The van der Waals surface area contributed by atoms with Gasteiger partial charge in [-0.05, 0) is 13.0 Å². The van der Waals surface area contributed by atoms with E-state index in [4.69, 9.17) is 5.11 Å². The number of aliphatic hydroxyl groups is 1. The number of nitrogens with one attached hydrogen (secondary N) is 1. The second-order valence-corrected chi connectivity index (χ2v) is 5.17. The van der Waals surface area contributed by atoms with E-state index in [1.54, 1.807) is 24.7 Å². The van der Waals surface area contributed by atoms with E-state index in [1.165, 1.54) is 6.20 Å². The summed E-state index contributed by atoms with van der Waals surface area (Å²) >= 11 is 0. The van der Waals surface area contributed by atoms with Crippen LogP contribution in [0, 0.1) is 6.92 Å². The lowest BCUT2D eigenvalue weighted by molar-refractivity contribution is -0.205. The second-order valence-electron chi connectivity index (χ2n) is 5.17. The normalized spacial score (nSPS) is 13.2. The molecule has 0 aliphatic rings. The van der Waals surface area contributed by atoms with Crippen LogP contribution < -0.4 is 5.32 Å². The zero-order valence-corrected chi connectivity index (χ0v) is 12.7. The molecule has 0 aliphatic heterocycles. The summed E-state index contributed by atoms with van der Waals surface area (Å²) in [6.07, 6.45) is -5.99. The Morgan fingerprint density at radius 1 is 1.52 bits per heavy atom. The number of fused-ring (bicyclic) bond motifs is 1. The molecule has 2 amide bonds. The van der Waals surface area contributed by atoms with E-state index in [-0.39, 0.29) is 0 Å². The SMILES string of the molecule is Cc1nn(C)c2ncc(NC(=O)N(C)CC(O)C(F)(F)F)cc12. The molecule has 23 heavy (non-hydrogen) atoms. The first-order chi connectivity index (χ1) is 10.6.